The predicted molar refractivity (Wildman–Crippen MR) is 64.3 cm³/mol. The van der Waals surface area contributed by atoms with Gasteiger partial charge in [-0.25, -0.2) is 0 Å². The molecule has 0 heteroatoms. The van der Waals surface area contributed by atoms with E-state index in [2.05, 4.69) is 58.0 Å². The zero-order chi connectivity index (χ0) is 10.6. The van der Waals surface area contributed by atoms with Gasteiger partial charge in [0.15, 0.2) is 0 Å². The minimum absolute atomic E-state index is 0.746. The summed E-state index contributed by atoms with van der Waals surface area (Å²) in [6.45, 7) is 8.81. The summed E-state index contributed by atoms with van der Waals surface area (Å²) in [5, 5.41) is 0. The van der Waals surface area contributed by atoms with E-state index in [-0.39, 0.29) is 0 Å². The minimum Gasteiger partial charge on any atom is -0.0807 e. The number of benzene rings is 1. The van der Waals surface area contributed by atoms with Crippen molar-refractivity contribution in [1.82, 2.24) is 0 Å². The Labute approximate surface area is 87.7 Å². The van der Waals surface area contributed by atoms with E-state index in [4.69, 9.17) is 0 Å². The number of hydrogen-bond donors (Lipinski definition) is 0. The largest absolute Gasteiger partial charge is 0.0807 e. The Morgan fingerprint density at radius 1 is 1.21 bits per heavy atom. The quantitative estimate of drug-likeness (QED) is 0.657. The minimum atomic E-state index is 0.746. The van der Waals surface area contributed by atoms with Crippen LogP contribution >= 0.6 is 0 Å². The molecule has 0 aliphatic heterocycles. The monoisotopic (exact) mass is 188 g/mol. The van der Waals surface area contributed by atoms with Crippen molar-refractivity contribution in [3.05, 3.63) is 41.5 Å². The lowest BCUT2D eigenvalue weighted by atomic mass is 10.0. The molecule has 1 aromatic rings. The third-order valence-corrected chi connectivity index (χ3v) is 2.40. The Hall–Kier alpha value is -1.04. The molecule has 0 radical (unpaired) electrons. The smallest absolute Gasteiger partial charge is 0.0230 e. The molecule has 0 saturated heterocycles. The SMILES string of the molecule is C/C(=C\CC(C)C)c1ccc(C)cc1. The van der Waals surface area contributed by atoms with E-state index < -0.39 is 0 Å². The van der Waals surface area contributed by atoms with Crippen LogP contribution in [-0.4, -0.2) is 0 Å². The van der Waals surface area contributed by atoms with Crippen molar-refractivity contribution in [1.29, 1.82) is 0 Å². The lowest BCUT2D eigenvalue weighted by Crippen LogP contribution is -1.85. The van der Waals surface area contributed by atoms with Gasteiger partial charge in [-0.05, 0) is 37.3 Å². The van der Waals surface area contributed by atoms with Crippen molar-refractivity contribution in [3.63, 3.8) is 0 Å². The van der Waals surface area contributed by atoms with E-state index in [9.17, 15) is 0 Å². The molecule has 0 aliphatic rings. The molecule has 76 valence electrons. The summed E-state index contributed by atoms with van der Waals surface area (Å²) in [5.74, 6) is 0.746. The Morgan fingerprint density at radius 3 is 2.29 bits per heavy atom. The number of hydrogen-bond acceptors (Lipinski definition) is 0. The van der Waals surface area contributed by atoms with E-state index in [1.807, 2.05) is 0 Å². The van der Waals surface area contributed by atoms with Gasteiger partial charge in [-0.1, -0.05) is 49.8 Å². The molecular formula is C14H20. The first-order valence-corrected chi connectivity index (χ1v) is 5.33. The van der Waals surface area contributed by atoms with Crippen LogP contribution in [0.2, 0.25) is 0 Å². The van der Waals surface area contributed by atoms with Crippen molar-refractivity contribution < 1.29 is 0 Å². The second kappa shape index (κ2) is 4.99. The van der Waals surface area contributed by atoms with E-state index in [0.29, 0.717) is 0 Å². The van der Waals surface area contributed by atoms with E-state index >= 15 is 0 Å². The van der Waals surface area contributed by atoms with Gasteiger partial charge in [0.1, 0.15) is 0 Å². The molecule has 0 aliphatic carbocycles. The molecule has 0 atom stereocenters. The fourth-order valence-corrected chi connectivity index (χ4v) is 1.35. The standard InChI is InChI=1S/C14H20/c1-11(2)5-8-13(4)14-9-6-12(3)7-10-14/h6-11H,5H2,1-4H3/b13-8+. The van der Waals surface area contributed by atoms with Crippen LogP contribution in [0.5, 0.6) is 0 Å². The van der Waals surface area contributed by atoms with Crippen LogP contribution in [-0.2, 0) is 0 Å². The second-order valence-corrected chi connectivity index (χ2v) is 4.38. The lowest BCUT2D eigenvalue weighted by molar-refractivity contribution is 0.664. The fourth-order valence-electron chi connectivity index (χ4n) is 1.35. The van der Waals surface area contributed by atoms with Crippen molar-refractivity contribution in [3.8, 4) is 0 Å². The van der Waals surface area contributed by atoms with Crippen molar-refractivity contribution in [2.45, 2.75) is 34.1 Å². The van der Waals surface area contributed by atoms with Crippen LogP contribution in [0.3, 0.4) is 0 Å². The summed E-state index contributed by atoms with van der Waals surface area (Å²) in [4.78, 5) is 0. The summed E-state index contributed by atoms with van der Waals surface area (Å²) in [5.41, 5.74) is 4.06. The van der Waals surface area contributed by atoms with E-state index in [1.165, 1.54) is 23.1 Å². The van der Waals surface area contributed by atoms with Crippen LogP contribution in [0, 0.1) is 12.8 Å². The van der Waals surface area contributed by atoms with Gasteiger partial charge in [0, 0.05) is 0 Å². The molecule has 0 N–H and O–H groups in total. The maximum Gasteiger partial charge on any atom is -0.0230 e. The molecule has 0 aromatic heterocycles. The number of allylic oxidation sites excluding steroid dienone is 2. The normalized spacial score (nSPS) is 12.2. The zero-order valence-corrected chi connectivity index (χ0v) is 9.67. The van der Waals surface area contributed by atoms with Gasteiger partial charge < -0.3 is 0 Å². The van der Waals surface area contributed by atoms with Crippen LogP contribution in [0.4, 0.5) is 0 Å². The van der Waals surface area contributed by atoms with Crippen molar-refractivity contribution in [2.75, 3.05) is 0 Å². The number of aryl methyl sites for hydroxylation is 1. The van der Waals surface area contributed by atoms with Gasteiger partial charge in [0.25, 0.3) is 0 Å². The van der Waals surface area contributed by atoms with Gasteiger partial charge in [0.05, 0.1) is 0 Å². The molecule has 0 fully saturated rings. The first kappa shape index (κ1) is 11.0. The molecule has 0 spiro atoms. The average Bonchev–Trinajstić information content (AvgIpc) is 2.15. The highest BCUT2D eigenvalue weighted by atomic mass is 14.0. The van der Waals surface area contributed by atoms with Crippen molar-refractivity contribution in [2.24, 2.45) is 5.92 Å². The molecule has 0 bridgehead atoms. The van der Waals surface area contributed by atoms with Crippen LogP contribution in [0.25, 0.3) is 5.57 Å². The highest BCUT2D eigenvalue weighted by Crippen LogP contribution is 2.16. The highest BCUT2D eigenvalue weighted by molar-refractivity contribution is 5.63. The molecule has 0 saturated carbocycles. The summed E-state index contributed by atoms with van der Waals surface area (Å²) in [7, 11) is 0. The zero-order valence-electron chi connectivity index (χ0n) is 9.67. The third-order valence-electron chi connectivity index (χ3n) is 2.40. The average molecular weight is 188 g/mol. The molecule has 1 aromatic carbocycles. The van der Waals surface area contributed by atoms with Crippen LogP contribution in [0.15, 0.2) is 30.3 Å². The maximum atomic E-state index is 2.33. The molecule has 0 nitrogen and oxygen atoms in total. The Balaban J connectivity index is 2.73. The van der Waals surface area contributed by atoms with Gasteiger partial charge in [-0.3, -0.25) is 0 Å². The van der Waals surface area contributed by atoms with Gasteiger partial charge >= 0.3 is 0 Å². The first-order chi connectivity index (χ1) is 6.59. The topological polar surface area (TPSA) is 0 Å². The van der Waals surface area contributed by atoms with Gasteiger partial charge in [-0.15, -0.1) is 0 Å². The van der Waals surface area contributed by atoms with E-state index in [1.54, 1.807) is 0 Å². The molecule has 0 amide bonds. The Kier molecular flexibility index (Phi) is 3.94. The summed E-state index contributed by atoms with van der Waals surface area (Å²) < 4.78 is 0. The highest BCUT2D eigenvalue weighted by Gasteiger charge is 1.95. The Morgan fingerprint density at radius 2 is 1.79 bits per heavy atom. The first-order valence-electron chi connectivity index (χ1n) is 5.33. The maximum absolute atomic E-state index is 2.33. The molecule has 1 rings (SSSR count). The molecular weight excluding hydrogens is 168 g/mol. The number of rotatable bonds is 3. The molecule has 14 heavy (non-hydrogen) atoms. The predicted octanol–water partition coefficient (Wildman–Crippen LogP) is 4.44. The van der Waals surface area contributed by atoms with E-state index in [0.717, 1.165) is 5.92 Å². The third kappa shape index (κ3) is 3.37. The summed E-state index contributed by atoms with van der Waals surface area (Å²) >= 11 is 0. The Bertz CT molecular complexity index is 301. The second-order valence-electron chi connectivity index (χ2n) is 4.38. The van der Waals surface area contributed by atoms with Crippen molar-refractivity contribution >= 4 is 5.57 Å². The molecule has 0 heterocycles. The van der Waals surface area contributed by atoms with Crippen LogP contribution < -0.4 is 0 Å². The van der Waals surface area contributed by atoms with Gasteiger partial charge in [0.2, 0.25) is 0 Å². The van der Waals surface area contributed by atoms with Gasteiger partial charge in [-0.2, -0.15) is 0 Å². The molecule has 0 unspecified atom stereocenters. The lowest BCUT2D eigenvalue weighted by Gasteiger charge is -2.04. The summed E-state index contributed by atoms with van der Waals surface area (Å²) in [6.07, 6.45) is 3.50. The van der Waals surface area contributed by atoms with Crippen LogP contribution in [0.1, 0.15) is 38.3 Å². The summed E-state index contributed by atoms with van der Waals surface area (Å²) in [6, 6.07) is 8.73. The fraction of sp³-hybridized carbons (Fsp3) is 0.429.